The molecule has 1 aliphatic heterocycles. The first-order chi connectivity index (χ1) is 19.1. The lowest BCUT2D eigenvalue weighted by Gasteiger charge is -2.23. The summed E-state index contributed by atoms with van der Waals surface area (Å²) in [4.78, 5) is 59.6. The van der Waals surface area contributed by atoms with Gasteiger partial charge in [-0.3, -0.25) is 34.0 Å². The van der Waals surface area contributed by atoms with E-state index >= 15 is 0 Å². The number of fused-ring (bicyclic) bond motifs is 1. The minimum absolute atomic E-state index is 0.0448. The van der Waals surface area contributed by atoms with Crippen LogP contribution in [0.15, 0.2) is 11.1 Å². The molecule has 0 bridgehead atoms. The molecule has 16 nitrogen and oxygen atoms in total. The van der Waals surface area contributed by atoms with Gasteiger partial charge in [-0.1, -0.05) is 13.8 Å². The lowest BCUT2D eigenvalue weighted by atomic mass is 10.1. The topological polar surface area (TPSA) is 202 Å². The molecular formula is C24H35N5O11. The van der Waals surface area contributed by atoms with Crippen molar-refractivity contribution in [2.75, 3.05) is 51.6 Å². The molecule has 2 aromatic rings. The van der Waals surface area contributed by atoms with Crippen LogP contribution in [0, 0.1) is 5.92 Å². The summed E-state index contributed by atoms with van der Waals surface area (Å²) in [5.41, 5.74) is -0.607. The van der Waals surface area contributed by atoms with E-state index in [0.29, 0.717) is 13.2 Å². The molecule has 3 rings (SSSR count). The highest BCUT2D eigenvalue weighted by Gasteiger charge is 2.50. The van der Waals surface area contributed by atoms with Crippen LogP contribution in [0.25, 0.3) is 11.2 Å². The molecule has 1 saturated heterocycles. The number of hydrogen-bond donors (Lipinski definition) is 3. The van der Waals surface area contributed by atoms with Crippen molar-refractivity contribution in [1.29, 1.82) is 0 Å². The molecule has 0 unspecified atom stereocenters. The first-order valence-electron chi connectivity index (χ1n) is 12.7. The van der Waals surface area contributed by atoms with Gasteiger partial charge in [0.05, 0.1) is 52.6 Å². The molecule has 0 spiro atoms. The molecule has 2 aromatic heterocycles. The largest absolute Gasteiger partial charge is 0.456 e. The number of esters is 2. The van der Waals surface area contributed by atoms with Crippen molar-refractivity contribution in [2.24, 2.45) is 5.92 Å². The molecule has 0 saturated carbocycles. The van der Waals surface area contributed by atoms with Gasteiger partial charge in [-0.05, 0) is 0 Å². The molecule has 16 heteroatoms. The SMILES string of the molecule is CC(=O)O[C@@H]1[C@H](OC(C)=O)[C@@H](COCCOCCOCCO)O[C@H]1n1cnc2c(=O)[nH]c(NC(=O)C(C)C)nc21. The number of H-pyrrole nitrogens is 1. The van der Waals surface area contributed by atoms with Gasteiger partial charge in [0.1, 0.15) is 6.10 Å². The third-order valence-corrected chi connectivity index (χ3v) is 5.62. The van der Waals surface area contributed by atoms with E-state index in [0.717, 1.165) is 0 Å². The lowest BCUT2D eigenvalue weighted by Crippen LogP contribution is -2.40. The Hall–Kier alpha value is -3.44. The summed E-state index contributed by atoms with van der Waals surface area (Å²) in [6.07, 6.45) is -2.88. The van der Waals surface area contributed by atoms with Crippen LogP contribution < -0.4 is 10.9 Å². The second-order valence-corrected chi connectivity index (χ2v) is 9.12. The van der Waals surface area contributed by atoms with Gasteiger partial charge in [-0.2, -0.15) is 4.98 Å². The summed E-state index contributed by atoms with van der Waals surface area (Å²) in [7, 11) is 0. The Labute approximate surface area is 229 Å². The van der Waals surface area contributed by atoms with Gasteiger partial charge in [0.25, 0.3) is 5.56 Å². The van der Waals surface area contributed by atoms with Crippen LogP contribution >= 0.6 is 0 Å². The molecule has 4 atom stereocenters. The van der Waals surface area contributed by atoms with Crippen LogP contribution in [0.5, 0.6) is 0 Å². The Morgan fingerprint density at radius 2 is 1.68 bits per heavy atom. The molecule has 40 heavy (non-hydrogen) atoms. The number of rotatable bonds is 15. The van der Waals surface area contributed by atoms with Gasteiger partial charge in [-0.15, -0.1) is 0 Å². The minimum Gasteiger partial charge on any atom is -0.456 e. The first-order valence-corrected chi connectivity index (χ1v) is 12.7. The van der Waals surface area contributed by atoms with Crippen LogP contribution in [0.1, 0.15) is 33.9 Å². The van der Waals surface area contributed by atoms with Crippen molar-refractivity contribution in [3.8, 4) is 0 Å². The highest BCUT2D eigenvalue weighted by Crippen LogP contribution is 2.35. The van der Waals surface area contributed by atoms with Crippen LogP contribution in [-0.2, 0) is 42.8 Å². The number of carbonyl (C=O) groups is 3. The number of aliphatic hydroxyl groups is 1. The molecule has 222 valence electrons. The maximum Gasteiger partial charge on any atom is 0.303 e. The predicted octanol–water partition coefficient (Wildman–Crippen LogP) is -0.483. The molecule has 3 N–H and O–H groups in total. The summed E-state index contributed by atoms with van der Waals surface area (Å²) in [6, 6.07) is 0. The maximum absolute atomic E-state index is 12.6. The molecule has 1 aliphatic rings. The van der Waals surface area contributed by atoms with Crippen molar-refractivity contribution < 1.29 is 47.9 Å². The number of carbonyl (C=O) groups excluding carboxylic acids is 3. The van der Waals surface area contributed by atoms with Gasteiger partial charge in [0.15, 0.2) is 29.6 Å². The predicted molar refractivity (Wildman–Crippen MR) is 136 cm³/mol. The van der Waals surface area contributed by atoms with Gasteiger partial charge in [0.2, 0.25) is 11.9 Å². The highest BCUT2D eigenvalue weighted by atomic mass is 16.7. The fraction of sp³-hybridized carbons (Fsp3) is 0.667. The average Bonchev–Trinajstić information content (AvgIpc) is 3.44. The minimum atomic E-state index is -1.14. The number of aromatic amines is 1. The number of ether oxygens (including phenoxy) is 6. The third-order valence-electron chi connectivity index (χ3n) is 5.62. The summed E-state index contributed by atoms with van der Waals surface area (Å²) in [6.45, 7) is 6.95. The number of nitrogens with zero attached hydrogens (tertiary/aromatic N) is 3. The Bertz CT molecular complexity index is 1210. The Kier molecular flexibility index (Phi) is 11.5. The number of anilines is 1. The maximum atomic E-state index is 12.6. The van der Waals surface area contributed by atoms with E-state index in [2.05, 4.69) is 20.3 Å². The molecule has 0 aliphatic carbocycles. The second kappa shape index (κ2) is 14.8. The number of imidazole rings is 1. The zero-order valence-corrected chi connectivity index (χ0v) is 22.8. The normalized spacial score (nSPS) is 20.6. The number of aromatic nitrogens is 4. The Morgan fingerprint density at radius 3 is 2.30 bits per heavy atom. The monoisotopic (exact) mass is 569 g/mol. The summed E-state index contributed by atoms with van der Waals surface area (Å²) < 4.78 is 34.6. The number of aliphatic hydroxyl groups excluding tert-OH is 1. The second-order valence-electron chi connectivity index (χ2n) is 9.12. The number of nitrogens with one attached hydrogen (secondary N) is 2. The lowest BCUT2D eigenvalue weighted by molar-refractivity contribution is -0.166. The van der Waals surface area contributed by atoms with Crippen LogP contribution in [0.4, 0.5) is 5.95 Å². The third kappa shape index (κ3) is 8.28. The fourth-order valence-electron chi connectivity index (χ4n) is 3.85. The number of amides is 1. The van der Waals surface area contributed by atoms with Crippen molar-refractivity contribution in [1.82, 2.24) is 19.5 Å². The molecular weight excluding hydrogens is 534 g/mol. The van der Waals surface area contributed by atoms with Crippen molar-refractivity contribution in [3.05, 3.63) is 16.7 Å². The Morgan fingerprint density at radius 1 is 1.05 bits per heavy atom. The van der Waals surface area contributed by atoms with E-state index in [1.54, 1.807) is 13.8 Å². The van der Waals surface area contributed by atoms with Gasteiger partial charge < -0.3 is 33.5 Å². The summed E-state index contributed by atoms with van der Waals surface area (Å²) in [5, 5.41) is 11.2. The van der Waals surface area contributed by atoms with Crippen LogP contribution in [-0.4, -0.2) is 107 Å². The van der Waals surface area contributed by atoms with E-state index in [9.17, 15) is 19.2 Å². The number of hydrogen-bond acceptors (Lipinski definition) is 13. The molecule has 0 aromatic carbocycles. The van der Waals surface area contributed by atoms with Crippen molar-refractivity contribution in [2.45, 2.75) is 52.2 Å². The van der Waals surface area contributed by atoms with Gasteiger partial charge in [-0.25, -0.2) is 4.98 Å². The van der Waals surface area contributed by atoms with E-state index in [-0.39, 0.29) is 62.0 Å². The zero-order valence-electron chi connectivity index (χ0n) is 22.8. The smallest absolute Gasteiger partial charge is 0.303 e. The van der Waals surface area contributed by atoms with Gasteiger partial charge in [0, 0.05) is 19.8 Å². The summed E-state index contributed by atoms with van der Waals surface area (Å²) in [5.74, 6) is -2.12. The van der Waals surface area contributed by atoms with Gasteiger partial charge >= 0.3 is 11.9 Å². The average molecular weight is 570 g/mol. The highest BCUT2D eigenvalue weighted by molar-refractivity contribution is 5.91. The van der Waals surface area contributed by atoms with E-state index in [4.69, 9.17) is 33.5 Å². The zero-order chi connectivity index (χ0) is 29.2. The molecule has 0 radical (unpaired) electrons. The quantitative estimate of drug-likeness (QED) is 0.183. The molecule has 1 fully saturated rings. The van der Waals surface area contributed by atoms with Crippen molar-refractivity contribution >= 4 is 35.0 Å². The van der Waals surface area contributed by atoms with E-state index in [1.807, 2.05) is 0 Å². The van der Waals surface area contributed by atoms with E-state index < -0.39 is 42.0 Å². The molecule has 1 amide bonds. The first kappa shape index (κ1) is 31.1. The standard InChI is InChI=1S/C24H35N5O11/c1-13(2)21(33)27-24-26-20-17(22(34)28-24)25-12-29(20)23-19(39-15(4)32)18(38-14(3)31)16(40-23)11-37-10-9-36-8-7-35-6-5-30/h12-13,16,18-19,23,30H,5-11H2,1-4H3,(H2,26,27,28,33,34)/t16-,18-,19-,23-/m1/s1. The summed E-state index contributed by atoms with van der Waals surface area (Å²) >= 11 is 0. The van der Waals surface area contributed by atoms with Crippen molar-refractivity contribution in [3.63, 3.8) is 0 Å². The molecule has 3 heterocycles. The van der Waals surface area contributed by atoms with Crippen LogP contribution in [0.3, 0.4) is 0 Å². The fourth-order valence-corrected chi connectivity index (χ4v) is 3.85. The van der Waals surface area contributed by atoms with E-state index in [1.165, 1.54) is 24.7 Å². The van der Waals surface area contributed by atoms with Crippen LogP contribution in [0.2, 0.25) is 0 Å². The Balaban J connectivity index is 1.80.